The van der Waals surface area contributed by atoms with Gasteiger partial charge in [0.2, 0.25) is 0 Å². The van der Waals surface area contributed by atoms with E-state index in [1.165, 1.54) is 19.2 Å². The van der Waals surface area contributed by atoms with Gasteiger partial charge in [-0.15, -0.1) is 0 Å². The fraction of sp³-hybridized carbons (Fsp3) is 0.562. The number of rotatable bonds is 6. The number of nitrogens with zero attached hydrogens (tertiary/aromatic N) is 1. The second kappa shape index (κ2) is 7.57. The first-order valence-corrected chi connectivity index (χ1v) is 7.68. The molecule has 1 saturated heterocycles. The molecule has 1 aliphatic rings. The molecule has 128 valence electrons. The lowest BCUT2D eigenvalue weighted by atomic mass is 10.1. The number of hydrogen-bond acceptors (Lipinski definition) is 4. The summed E-state index contributed by atoms with van der Waals surface area (Å²) in [4.78, 5) is 13.0. The molecule has 1 heterocycles. The molecule has 1 N–H and O–H groups in total. The van der Waals surface area contributed by atoms with Crippen LogP contribution in [0.2, 0.25) is 0 Å². The Morgan fingerprint density at radius 3 is 2.61 bits per heavy atom. The van der Waals surface area contributed by atoms with Crippen LogP contribution in [0.5, 0.6) is 0 Å². The highest BCUT2D eigenvalue weighted by atomic mass is 19.4. The number of nitrogens with one attached hydrogen (secondary N) is 1. The lowest BCUT2D eigenvalue weighted by Gasteiger charge is -2.23. The van der Waals surface area contributed by atoms with Crippen molar-refractivity contribution in [3.8, 4) is 0 Å². The van der Waals surface area contributed by atoms with Gasteiger partial charge in [0, 0.05) is 26.1 Å². The Balaban J connectivity index is 2.09. The summed E-state index contributed by atoms with van der Waals surface area (Å²) in [5.41, 5.74) is 0.611. The van der Waals surface area contributed by atoms with Crippen molar-refractivity contribution in [1.29, 1.82) is 0 Å². The summed E-state index contributed by atoms with van der Waals surface area (Å²) in [6.07, 6.45) is -1.54. The third-order valence-corrected chi connectivity index (χ3v) is 3.87. The van der Waals surface area contributed by atoms with E-state index in [1.54, 1.807) is 0 Å². The Morgan fingerprint density at radius 2 is 2.00 bits per heavy atom. The van der Waals surface area contributed by atoms with E-state index in [4.69, 9.17) is 0 Å². The molecule has 0 spiro atoms. The van der Waals surface area contributed by atoms with Crippen molar-refractivity contribution in [3.05, 3.63) is 23.8 Å². The van der Waals surface area contributed by atoms with Crippen molar-refractivity contribution in [2.75, 3.05) is 37.0 Å². The van der Waals surface area contributed by atoms with Crippen LogP contribution in [0.25, 0.3) is 0 Å². The third kappa shape index (κ3) is 4.77. The fourth-order valence-corrected chi connectivity index (χ4v) is 2.63. The Hall–Kier alpha value is -1.92. The first kappa shape index (κ1) is 17.4. The van der Waals surface area contributed by atoms with Gasteiger partial charge in [0.25, 0.3) is 0 Å². The van der Waals surface area contributed by atoms with Gasteiger partial charge in [-0.05, 0) is 37.5 Å². The number of halogens is 3. The normalized spacial score (nSPS) is 14.9. The van der Waals surface area contributed by atoms with Gasteiger partial charge in [0.15, 0.2) is 0 Å². The summed E-state index contributed by atoms with van der Waals surface area (Å²) in [5, 5.41) is 3.13. The molecule has 0 atom stereocenters. The minimum atomic E-state index is -4.35. The second-order valence-electron chi connectivity index (χ2n) is 5.53. The predicted molar refractivity (Wildman–Crippen MR) is 82.6 cm³/mol. The molecule has 2 rings (SSSR count). The van der Waals surface area contributed by atoms with Crippen LogP contribution in [-0.2, 0) is 15.7 Å². The molecule has 1 aromatic carbocycles. The van der Waals surface area contributed by atoms with Crippen LogP contribution in [0.1, 0.15) is 31.2 Å². The number of benzene rings is 1. The van der Waals surface area contributed by atoms with E-state index < -0.39 is 11.7 Å². The van der Waals surface area contributed by atoms with E-state index in [0.717, 1.165) is 32.0 Å². The monoisotopic (exact) mass is 330 g/mol. The summed E-state index contributed by atoms with van der Waals surface area (Å²) in [5.74, 6) is -0.293. The van der Waals surface area contributed by atoms with Gasteiger partial charge in [0.1, 0.15) is 0 Å². The summed E-state index contributed by atoms with van der Waals surface area (Å²) < 4.78 is 43.4. The SMILES string of the molecule is COC(=O)CCCNc1ccc(C(F)(F)F)cc1N1CCCC1. The van der Waals surface area contributed by atoms with Crippen molar-refractivity contribution in [2.45, 2.75) is 31.9 Å². The van der Waals surface area contributed by atoms with Gasteiger partial charge < -0.3 is 15.0 Å². The Kier molecular flexibility index (Phi) is 5.74. The Morgan fingerprint density at radius 1 is 1.30 bits per heavy atom. The van der Waals surface area contributed by atoms with Gasteiger partial charge >= 0.3 is 12.1 Å². The highest BCUT2D eigenvalue weighted by Gasteiger charge is 2.32. The number of hydrogen-bond donors (Lipinski definition) is 1. The maximum absolute atomic E-state index is 12.9. The molecule has 0 aliphatic carbocycles. The molecular weight excluding hydrogens is 309 g/mol. The first-order valence-electron chi connectivity index (χ1n) is 7.68. The van der Waals surface area contributed by atoms with Gasteiger partial charge in [-0.2, -0.15) is 13.2 Å². The number of carbonyl (C=O) groups excluding carboxylic acids is 1. The number of alkyl halides is 3. The average molecular weight is 330 g/mol. The molecular formula is C16H21F3N2O2. The summed E-state index contributed by atoms with van der Waals surface area (Å²) in [6.45, 7) is 2.03. The average Bonchev–Trinajstić information content (AvgIpc) is 3.04. The van der Waals surface area contributed by atoms with Crippen molar-refractivity contribution < 1.29 is 22.7 Å². The highest BCUT2D eigenvalue weighted by molar-refractivity contribution is 5.72. The second-order valence-corrected chi connectivity index (χ2v) is 5.53. The van der Waals surface area contributed by atoms with Gasteiger partial charge in [-0.1, -0.05) is 0 Å². The molecule has 0 aromatic heterocycles. The molecule has 0 amide bonds. The third-order valence-electron chi connectivity index (χ3n) is 3.87. The largest absolute Gasteiger partial charge is 0.469 e. The lowest BCUT2D eigenvalue weighted by molar-refractivity contribution is -0.140. The van der Waals surface area contributed by atoms with Crippen LogP contribution >= 0.6 is 0 Å². The van der Waals surface area contributed by atoms with Crippen LogP contribution in [0.4, 0.5) is 24.5 Å². The molecule has 1 aromatic rings. The van der Waals surface area contributed by atoms with Crippen LogP contribution in [0.15, 0.2) is 18.2 Å². The van der Waals surface area contributed by atoms with Crippen LogP contribution in [0, 0.1) is 0 Å². The molecule has 4 nitrogen and oxygen atoms in total. The standard InChI is InChI=1S/C16H21F3N2O2/c1-23-15(22)5-4-8-20-13-7-6-12(16(17,18)19)11-14(13)21-9-2-3-10-21/h6-7,11,20H,2-5,8-10H2,1H3. The zero-order valence-electron chi connectivity index (χ0n) is 13.1. The van der Waals surface area contributed by atoms with Crippen molar-refractivity contribution >= 4 is 17.3 Å². The summed E-state index contributed by atoms with van der Waals surface area (Å²) in [7, 11) is 1.33. The molecule has 0 saturated carbocycles. The van der Waals surface area contributed by atoms with Crippen LogP contribution in [-0.4, -0.2) is 32.7 Å². The van der Waals surface area contributed by atoms with Gasteiger partial charge in [-0.25, -0.2) is 0 Å². The maximum Gasteiger partial charge on any atom is 0.416 e. The van der Waals surface area contributed by atoms with E-state index in [1.807, 2.05) is 4.90 Å². The van der Waals surface area contributed by atoms with Crippen LogP contribution < -0.4 is 10.2 Å². The number of methoxy groups -OCH3 is 1. The summed E-state index contributed by atoms with van der Waals surface area (Å²) in [6, 6.07) is 3.75. The number of anilines is 2. The molecule has 0 radical (unpaired) electrons. The van der Waals surface area contributed by atoms with E-state index in [-0.39, 0.29) is 12.4 Å². The van der Waals surface area contributed by atoms with Gasteiger partial charge in [-0.3, -0.25) is 4.79 Å². The zero-order chi connectivity index (χ0) is 16.9. The molecule has 23 heavy (non-hydrogen) atoms. The van der Waals surface area contributed by atoms with Crippen molar-refractivity contribution in [1.82, 2.24) is 0 Å². The molecule has 1 fully saturated rings. The van der Waals surface area contributed by atoms with E-state index in [9.17, 15) is 18.0 Å². The minimum Gasteiger partial charge on any atom is -0.469 e. The summed E-state index contributed by atoms with van der Waals surface area (Å²) >= 11 is 0. The highest BCUT2D eigenvalue weighted by Crippen LogP contribution is 2.36. The van der Waals surface area contributed by atoms with E-state index in [0.29, 0.717) is 24.3 Å². The number of esters is 1. The first-order chi connectivity index (χ1) is 10.9. The van der Waals surface area contributed by atoms with E-state index >= 15 is 0 Å². The van der Waals surface area contributed by atoms with E-state index in [2.05, 4.69) is 10.1 Å². The predicted octanol–water partition coefficient (Wildman–Crippen LogP) is 3.67. The molecule has 1 aliphatic heterocycles. The molecule has 0 unspecified atom stereocenters. The molecule has 7 heteroatoms. The smallest absolute Gasteiger partial charge is 0.416 e. The quantitative estimate of drug-likeness (QED) is 0.638. The molecule has 0 bridgehead atoms. The Labute approximate surface area is 133 Å². The van der Waals surface area contributed by atoms with Crippen molar-refractivity contribution in [2.24, 2.45) is 0 Å². The maximum atomic E-state index is 12.9. The Bertz CT molecular complexity index is 541. The van der Waals surface area contributed by atoms with Gasteiger partial charge in [0.05, 0.1) is 24.0 Å². The number of carbonyl (C=O) groups is 1. The fourth-order valence-electron chi connectivity index (χ4n) is 2.63. The van der Waals surface area contributed by atoms with Crippen LogP contribution in [0.3, 0.4) is 0 Å². The zero-order valence-corrected chi connectivity index (χ0v) is 13.1. The lowest BCUT2D eigenvalue weighted by Crippen LogP contribution is -2.21. The topological polar surface area (TPSA) is 41.6 Å². The van der Waals surface area contributed by atoms with Crippen molar-refractivity contribution in [3.63, 3.8) is 0 Å². The number of ether oxygens (including phenoxy) is 1. The minimum absolute atomic E-state index is 0.281.